The second-order valence-corrected chi connectivity index (χ2v) is 8.29. The van der Waals surface area contributed by atoms with Gasteiger partial charge in [0, 0.05) is 19.6 Å². The SMILES string of the molecule is CCCCNC(=O)N1C[C@@H](C(=O)NCCc2ccccc2OC)CC[C@@H]1c1ccccc1. The number of amides is 3. The number of para-hydroxylation sites is 1. The molecule has 1 aliphatic heterocycles. The van der Waals surface area contributed by atoms with Gasteiger partial charge in [0.05, 0.1) is 19.1 Å². The molecule has 6 heteroatoms. The number of rotatable bonds is 9. The lowest BCUT2D eigenvalue weighted by molar-refractivity contribution is -0.126. The lowest BCUT2D eigenvalue weighted by Gasteiger charge is -2.39. The van der Waals surface area contributed by atoms with Gasteiger partial charge < -0.3 is 20.3 Å². The van der Waals surface area contributed by atoms with Crippen molar-refractivity contribution in [2.24, 2.45) is 5.92 Å². The molecule has 0 bridgehead atoms. The standard InChI is InChI=1S/C26H35N3O3/c1-3-4-17-28-26(31)29-19-22(14-15-23(29)20-10-6-5-7-11-20)25(30)27-18-16-21-12-8-9-13-24(21)32-2/h5-13,22-23H,3-4,14-19H2,1-2H3,(H,27,30)(H,28,31)/t22-,23+/m0/s1. The molecule has 0 spiro atoms. The summed E-state index contributed by atoms with van der Waals surface area (Å²) >= 11 is 0. The van der Waals surface area contributed by atoms with Crippen molar-refractivity contribution in [1.29, 1.82) is 0 Å². The van der Waals surface area contributed by atoms with E-state index in [1.54, 1.807) is 7.11 Å². The average Bonchev–Trinajstić information content (AvgIpc) is 2.84. The lowest BCUT2D eigenvalue weighted by Crippen LogP contribution is -2.50. The number of nitrogens with one attached hydrogen (secondary N) is 2. The van der Waals surface area contributed by atoms with E-state index in [1.165, 1.54) is 0 Å². The zero-order valence-electron chi connectivity index (χ0n) is 19.2. The van der Waals surface area contributed by atoms with Crippen LogP contribution in [0.1, 0.15) is 49.8 Å². The van der Waals surface area contributed by atoms with Crippen LogP contribution in [0.2, 0.25) is 0 Å². The summed E-state index contributed by atoms with van der Waals surface area (Å²) in [6, 6.07) is 17.9. The predicted molar refractivity (Wildman–Crippen MR) is 127 cm³/mol. The fourth-order valence-corrected chi connectivity index (χ4v) is 4.28. The van der Waals surface area contributed by atoms with Crippen LogP contribution in [-0.2, 0) is 11.2 Å². The van der Waals surface area contributed by atoms with Gasteiger partial charge in [0.1, 0.15) is 5.75 Å². The van der Waals surface area contributed by atoms with Crippen molar-refractivity contribution in [3.8, 4) is 5.75 Å². The summed E-state index contributed by atoms with van der Waals surface area (Å²) in [4.78, 5) is 27.7. The Labute approximate surface area is 191 Å². The summed E-state index contributed by atoms with van der Waals surface area (Å²) in [5.74, 6) is 0.641. The van der Waals surface area contributed by atoms with Crippen LogP contribution in [0.15, 0.2) is 54.6 Å². The molecule has 2 aromatic carbocycles. The Bertz CT molecular complexity index is 872. The first-order chi connectivity index (χ1) is 15.6. The molecule has 3 rings (SSSR count). The minimum atomic E-state index is -0.204. The Morgan fingerprint density at radius 2 is 1.75 bits per heavy atom. The zero-order valence-corrected chi connectivity index (χ0v) is 19.2. The molecule has 0 saturated carbocycles. The van der Waals surface area contributed by atoms with E-state index in [0.717, 1.165) is 42.6 Å². The van der Waals surface area contributed by atoms with Crippen LogP contribution in [0.3, 0.4) is 0 Å². The van der Waals surface area contributed by atoms with E-state index in [0.29, 0.717) is 26.1 Å². The van der Waals surface area contributed by atoms with Gasteiger partial charge in [0.25, 0.3) is 0 Å². The van der Waals surface area contributed by atoms with Gasteiger partial charge in [-0.15, -0.1) is 0 Å². The molecule has 1 heterocycles. The molecule has 2 N–H and O–H groups in total. The number of carbonyl (C=O) groups is 2. The number of hydrogen-bond donors (Lipinski definition) is 2. The quantitative estimate of drug-likeness (QED) is 0.574. The second kappa shape index (κ2) is 12.1. The van der Waals surface area contributed by atoms with E-state index in [-0.39, 0.29) is 23.9 Å². The van der Waals surface area contributed by atoms with Crippen molar-refractivity contribution in [3.63, 3.8) is 0 Å². The molecule has 0 aromatic heterocycles. The molecule has 172 valence electrons. The highest BCUT2D eigenvalue weighted by Crippen LogP contribution is 2.33. The minimum absolute atomic E-state index is 0.00421. The number of carbonyl (C=O) groups excluding carboxylic acids is 2. The summed E-state index contributed by atoms with van der Waals surface area (Å²) in [6.07, 6.45) is 4.22. The van der Waals surface area contributed by atoms with Gasteiger partial charge in [-0.05, 0) is 42.9 Å². The summed E-state index contributed by atoms with van der Waals surface area (Å²) in [6.45, 7) is 3.73. The van der Waals surface area contributed by atoms with Gasteiger partial charge in [-0.1, -0.05) is 61.9 Å². The van der Waals surface area contributed by atoms with Gasteiger partial charge in [-0.3, -0.25) is 4.79 Å². The highest BCUT2D eigenvalue weighted by atomic mass is 16.5. The number of piperidine rings is 1. The Kier molecular flexibility index (Phi) is 8.96. The zero-order chi connectivity index (χ0) is 22.8. The van der Waals surface area contributed by atoms with Crippen LogP contribution in [0, 0.1) is 5.92 Å². The van der Waals surface area contributed by atoms with Gasteiger partial charge in [0.2, 0.25) is 5.91 Å². The topological polar surface area (TPSA) is 70.7 Å². The third kappa shape index (κ3) is 6.25. The first-order valence-electron chi connectivity index (χ1n) is 11.6. The van der Waals surface area contributed by atoms with Gasteiger partial charge in [-0.25, -0.2) is 4.79 Å². The first-order valence-corrected chi connectivity index (χ1v) is 11.6. The normalized spacial score (nSPS) is 18.1. The van der Waals surface area contributed by atoms with Crippen LogP contribution < -0.4 is 15.4 Å². The monoisotopic (exact) mass is 437 g/mol. The molecule has 2 aromatic rings. The molecule has 6 nitrogen and oxygen atoms in total. The summed E-state index contributed by atoms with van der Waals surface area (Å²) in [5.41, 5.74) is 2.19. The number of benzene rings is 2. The highest BCUT2D eigenvalue weighted by Gasteiger charge is 2.35. The number of methoxy groups -OCH3 is 1. The Balaban J connectivity index is 1.61. The summed E-state index contributed by atoms with van der Waals surface area (Å²) in [7, 11) is 1.66. The van der Waals surface area contributed by atoms with Crippen molar-refractivity contribution in [1.82, 2.24) is 15.5 Å². The Morgan fingerprint density at radius 1 is 1.00 bits per heavy atom. The largest absolute Gasteiger partial charge is 0.496 e. The molecule has 1 saturated heterocycles. The van der Waals surface area contributed by atoms with Crippen molar-refractivity contribution < 1.29 is 14.3 Å². The maximum atomic E-state index is 13.0. The number of nitrogens with zero attached hydrogens (tertiary/aromatic N) is 1. The Hall–Kier alpha value is -3.02. The van der Waals surface area contributed by atoms with E-state index < -0.39 is 0 Å². The summed E-state index contributed by atoms with van der Waals surface area (Å²) in [5, 5.41) is 6.10. The van der Waals surface area contributed by atoms with Gasteiger partial charge in [-0.2, -0.15) is 0 Å². The Morgan fingerprint density at radius 3 is 2.50 bits per heavy atom. The number of urea groups is 1. The minimum Gasteiger partial charge on any atom is -0.496 e. The van der Waals surface area contributed by atoms with Gasteiger partial charge >= 0.3 is 6.03 Å². The lowest BCUT2D eigenvalue weighted by atomic mass is 9.88. The predicted octanol–water partition coefficient (Wildman–Crippen LogP) is 4.32. The van der Waals surface area contributed by atoms with E-state index >= 15 is 0 Å². The smallest absolute Gasteiger partial charge is 0.317 e. The first kappa shape index (κ1) is 23.6. The summed E-state index contributed by atoms with van der Waals surface area (Å²) < 4.78 is 5.39. The van der Waals surface area contributed by atoms with Crippen molar-refractivity contribution in [2.45, 2.75) is 45.1 Å². The number of ether oxygens (including phenoxy) is 1. The molecule has 0 radical (unpaired) electrons. The van der Waals surface area contributed by atoms with E-state index in [9.17, 15) is 9.59 Å². The molecule has 1 fully saturated rings. The van der Waals surface area contributed by atoms with Crippen LogP contribution in [0.25, 0.3) is 0 Å². The second-order valence-electron chi connectivity index (χ2n) is 8.29. The maximum Gasteiger partial charge on any atom is 0.317 e. The van der Waals surface area contributed by atoms with Crippen LogP contribution >= 0.6 is 0 Å². The molecule has 0 unspecified atom stereocenters. The molecular weight excluding hydrogens is 402 g/mol. The third-order valence-electron chi connectivity index (χ3n) is 6.09. The van der Waals surface area contributed by atoms with Crippen LogP contribution in [0.4, 0.5) is 4.79 Å². The fraction of sp³-hybridized carbons (Fsp3) is 0.462. The molecule has 1 aliphatic rings. The van der Waals surface area contributed by atoms with Gasteiger partial charge in [0.15, 0.2) is 0 Å². The van der Waals surface area contributed by atoms with E-state index in [4.69, 9.17) is 4.74 Å². The maximum absolute atomic E-state index is 13.0. The molecular formula is C26H35N3O3. The van der Waals surface area contributed by atoms with Crippen molar-refractivity contribution in [2.75, 3.05) is 26.7 Å². The number of likely N-dealkylation sites (tertiary alicyclic amines) is 1. The van der Waals surface area contributed by atoms with Crippen LogP contribution in [-0.4, -0.2) is 43.6 Å². The van der Waals surface area contributed by atoms with E-state index in [2.05, 4.69) is 29.7 Å². The molecule has 32 heavy (non-hydrogen) atoms. The van der Waals surface area contributed by atoms with Crippen LogP contribution in [0.5, 0.6) is 5.75 Å². The molecule has 0 aliphatic carbocycles. The van der Waals surface area contributed by atoms with Crippen molar-refractivity contribution in [3.05, 3.63) is 65.7 Å². The molecule has 3 amide bonds. The van der Waals surface area contributed by atoms with E-state index in [1.807, 2.05) is 47.4 Å². The van der Waals surface area contributed by atoms with Crippen molar-refractivity contribution >= 4 is 11.9 Å². The average molecular weight is 438 g/mol. The fourth-order valence-electron chi connectivity index (χ4n) is 4.28. The molecule has 2 atom stereocenters. The highest BCUT2D eigenvalue weighted by molar-refractivity contribution is 5.81. The third-order valence-corrected chi connectivity index (χ3v) is 6.09. The number of hydrogen-bond acceptors (Lipinski definition) is 3. The number of unbranched alkanes of at least 4 members (excludes halogenated alkanes) is 1.